The number of carbonyl (C=O) groups excluding carboxylic acids is 4. The molecule has 0 bridgehead atoms. The Bertz CT molecular complexity index is 2310. The number of nitrogens with zero attached hydrogens (tertiary/aromatic N) is 1. The zero-order chi connectivity index (χ0) is 51.8. The number of carboxylic acid groups (broad SMARTS) is 1. The van der Waals surface area contributed by atoms with Gasteiger partial charge in [-0.3, -0.25) is 19.7 Å². The smallest absolute Gasteiger partial charge is 0.411 e. The van der Waals surface area contributed by atoms with Gasteiger partial charge in [0.1, 0.15) is 30.3 Å². The van der Waals surface area contributed by atoms with Gasteiger partial charge in [0.25, 0.3) is 14.2 Å². The van der Waals surface area contributed by atoms with Gasteiger partial charge in [-0.15, -0.1) is 0 Å². The minimum Gasteiger partial charge on any atom is -0.540 e. The molecular formula is C51H74FN5O10Si2. The molecule has 0 saturated heterocycles. The summed E-state index contributed by atoms with van der Waals surface area (Å²) in [6.45, 7) is 28.6. The van der Waals surface area contributed by atoms with E-state index in [1.54, 1.807) is 73.5 Å². The lowest BCUT2D eigenvalue weighted by Gasteiger charge is -2.42. The zero-order valence-corrected chi connectivity index (χ0v) is 45.0. The maximum absolute atomic E-state index is 15.1. The van der Waals surface area contributed by atoms with Gasteiger partial charge in [0.15, 0.2) is 14.1 Å². The Balaban J connectivity index is 1.65. The van der Waals surface area contributed by atoms with Gasteiger partial charge in [0, 0.05) is 18.0 Å². The van der Waals surface area contributed by atoms with Crippen LogP contribution in [-0.2, 0) is 25.4 Å². The number of hydrogen-bond donors (Lipinski definition) is 5. The van der Waals surface area contributed by atoms with Crippen molar-refractivity contribution < 1.29 is 51.8 Å². The number of anilines is 2. The van der Waals surface area contributed by atoms with Crippen LogP contribution in [0.5, 0.6) is 11.5 Å². The standard InChI is InChI=1S/C51H74FN5O10Si2/c1-30(2)45(56-49(61)62)47(59)53-34(9)46(58)54-39-22-16-35(17-23-39)28-65-50(63)55-42-26-44(67-69(31(3)4,32(5)6)33(7)8)43(64-13)25-41(42)48(60)57-27-37(36-18-20-38(52)21-19-36)24-40(57)29-66-68(14,15)51(10,11)12/h16-23,25-27,30-34,40,45,56H,24,28-29H2,1-15H3,(H,53,59)(H,54,58)(H,55,63)(H,61,62). The predicted octanol–water partition coefficient (Wildman–Crippen LogP) is 11.2. The number of amides is 5. The minimum absolute atomic E-state index is 0.0890. The maximum Gasteiger partial charge on any atom is 0.411 e. The average molecular weight is 992 g/mol. The van der Waals surface area contributed by atoms with Crippen LogP contribution in [-0.4, -0.2) is 88.4 Å². The van der Waals surface area contributed by atoms with Gasteiger partial charge < -0.3 is 44.3 Å². The first kappa shape index (κ1) is 55.9. The molecule has 3 aromatic rings. The van der Waals surface area contributed by atoms with Crippen molar-refractivity contribution in [1.82, 2.24) is 15.5 Å². The third-order valence-corrected chi connectivity index (χ3v) is 23.9. The average Bonchev–Trinajstić information content (AvgIpc) is 3.69. The van der Waals surface area contributed by atoms with E-state index >= 15 is 4.79 Å². The van der Waals surface area contributed by atoms with Gasteiger partial charge in [-0.2, -0.15) is 0 Å². The Kier molecular flexibility index (Phi) is 18.8. The summed E-state index contributed by atoms with van der Waals surface area (Å²) in [5, 5.41) is 19.3. The topological polar surface area (TPSA) is 194 Å². The highest BCUT2D eigenvalue weighted by molar-refractivity contribution is 6.78. The second-order valence-corrected chi connectivity index (χ2v) is 30.7. The lowest BCUT2D eigenvalue weighted by Crippen LogP contribution is -2.53. The largest absolute Gasteiger partial charge is 0.540 e. The third-order valence-electron chi connectivity index (χ3n) is 13.4. The Hall–Kier alpha value is -5.73. The molecular weight excluding hydrogens is 918 g/mol. The molecule has 4 rings (SSSR count). The van der Waals surface area contributed by atoms with E-state index in [4.69, 9.17) is 23.4 Å². The number of halogens is 1. The van der Waals surface area contributed by atoms with Crippen LogP contribution in [0.4, 0.5) is 25.4 Å². The number of methoxy groups -OCH3 is 1. The number of hydrogen-bond acceptors (Lipinski definition) is 9. The number of carbonyl (C=O) groups is 5. The molecule has 1 aliphatic rings. The number of nitrogens with one attached hydrogen (secondary N) is 4. The molecule has 18 heteroatoms. The molecule has 0 spiro atoms. The van der Waals surface area contributed by atoms with Crippen LogP contribution in [0.3, 0.4) is 0 Å². The summed E-state index contributed by atoms with van der Waals surface area (Å²) in [6, 6.07) is 13.5. The van der Waals surface area contributed by atoms with Gasteiger partial charge in [-0.25, -0.2) is 14.0 Å². The molecule has 1 heterocycles. The van der Waals surface area contributed by atoms with E-state index in [1.807, 2.05) is 0 Å². The fourth-order valence-corrected chi connectivity index (χ4v) is 14.7. The number of ether oxygens (including phenoxy) is 2. The summed E-state index contributed by atoms with van der Waals surface area (Å²) in [5.41, 5.74) is 3.44. The van der Waals surface area contributed by atoms with E-state index in [0.29, 0.717) is 29.2 Å². The second kappa shape index (κ2) is 23.3. The lowest BCUT2D eigenvalue weighted by atomic mass is 10.0. The van der Waals surface area contributed by atoms with E-state index in [-0.39, 0.29) is 57.9 Å². The summed E-state index contributed by atoms with van der Waals surface area (Å²) in [6.07, 6.45) is 0.0216. The van der Waals surface area contributed by atoms with Gasteiger partial charge >= 0.3 is 12.2 Å². The van der Waals surface area contributed by atoms with Crippen molar-refractivity contribution in [3.05, 3.63) is 89.4 Å². The SMILES string of the molecule is COc1cc(C(=O)N2C=C(c3ccc(F)cc3)CC2CO[Si](C)(C)C(C)(C)C)c(NC(=O)OCc2ccc(NC(=O)C(C)NC(=O)C(NC(=O)O)C(C)C)cc2)cc1O[Si](C(C)C)(C(C)C)C(C)C. The van der Waals surface area contributed by atoms with Crippen LogP contribution in [0, 0.1) is 11.7 Å². The summed E-state index contributed by atoms with van der Waals surface area (Å²) >= 11 is 0. The van der Waals surface area contributed by atoms with Crippen molar-refractivity contribution in [3.8, 4) is 11.5 Å². The Morgan fingerprint density at radius 3 is 1.93 bits per heavy atom. The minimum atomic E-state index is -2.59. The number of benzene rings is 3. The van der Waals surface area contributed by atoms with Crippen molar-refractivity contribution in [2.45, 2.75) is 149 Å². The summed E-state index contributed by atoms with van der Waals surface area (Å²) < 4.78 is 39.5. The molecule has 5 amide bonds. The molecule has 0 fully saturated rings. The molecule has 0 aromatic heterocycles. The quantitative estimate of drug-likeness (QED) is 0.0680. The highest BCUT2D eigenvalue weighted by atomic mass is 28.4. The molecule has 0 radical (unpaired) electrons. The van der Waals surface area contributed by atoms with Crippen LogP contribution >= 0.6 is 0 Å². The first-order valence-electron chi connectivity index (χ1n) is 23.6. The highest BCUT2D eigenvalue weighted by Gasteiger charge is 2.48. The van der Waals surface area contributed by atoms with Gasteiger partial charge in [0.05, 0.1) is 31.0 Å². The summed E-state index contributed by atoms with van der Waals surface area (Å²) in [4.78, 5) is 67.4. The van der Waals surface area contributed by atoms with Crippen molar-refractivity contribution in [2.24, 2.45) is 5.92 Å². The molecule has 378 valence electrons. The zero-order valence-electron chi connectivity index (χ0n) is 43.0. The van der Waals surface area contributed by atoms with Crippen molar-refractivity contribution in [1.29, 1.82) is 0 Å². The van der Waals surface area contributed by atoms with Crippen molar-refractivity contribution in [3.63, 3.8) is 0 Å². The fourth-order valence-electron chi connectivity index (χ4n) is 8.45. The molecule has 0 aliphatic carbocycles. The van der Waals surface area contributed by atoms with Crippen LogP contribution in [0.15, 0.2) is 66.9 Å². The number of rotatable bonds is 20. The van der Waals surface area contributed by atoms with E-state index in [9.17, 15) is 23.6 Å². The maximum atomic E-state index is 15.1. The van der Waals surface area contributed by atoms with Crippen molar-refractivity contribution in [2.75, 3.05) is 24.4 Å². The Labute approximate surface area is 409 Å². The first-order valence-corrected chi connectivity index (χ1v) is 28.6. The molecule has 3 atom stereocenters. The molecule has 3 aromatic carbocycles. The molecule has 1 aliphatic heterocycles. The summed E-state index contributed by atoms with van der Waals surface area (Å²) in [7, 11) is -3.35. The van der Waals surface area contributed by atoms with Crippen LogP contribution in [0.2, 0.25) is 34.8 Å². The molecule has 0 saturated carbocycles. The summed E-state index contributed by atoms with van der Waals surface area (Å²) in [5.74, 6) is -1.61. The van der Waals surface area contributed by atoms with Crippen LogP contribution in [0.1, 0.15) is 111 Å². The second-order valence-electron chi connectivity index (χ2n) is 20.6. The Morgan fingerprint density at radius 2 is 1.41 bits per heavy atom. The van der Waals surface area contributed by atoms with Gasteiger partial charge in [-0.1, -0.05) is 100 Å². The van der Waals surface area contributed by atoms with Crippen molar-refractivity contribution >= 4 is 63.5 Å². The van der Waals surface area contributed by atoms with E-state index in [2.05, 4.69) is 96.7 Å². The third kappa shape index (κ3) is 14.0. The first-order chi connectivity index (χ1) is 32.1. The predicted molar refractivity (Wildman–Crippen MR) is 273 cm³/mol. The van der Waals surface area contributed by atoms with E-state index in [1.165, 1.54) is 26.2 Å². The van der Waals surface area contributed by atoms with E-state index < -0.39 is 64.7 Å². The molecule has 3 unspecified atom stereocenters. The lowest BCUT2D eigenvalue weighted by molar-refractivity contribution is -0.128. The van der Waals surface area contributed by atoms with Crippen LogP contribution < -0.4 is 30.4 Å². The van der Waals surface area contributed by atoms with Gasteiger partial charge in [-0.05, 0) is 101 Å². The normalized spacial score (nSPS) is 15.2. The highest BCUT2D eigenvalue weighted by Crippen LogP contribution is 2.47. The molecule has 69 heavy (non-hydrogen) atoms. The van der Waals surface area contributed by atoms with E-state index in [0.717, 1.165) is 11.1 Å². The molecule has 5 N–H and O–H groups in total. The monoisotopic (exact) mass is 991 g/mol. The van der Waals surface area contributed by atoms with Gasteiger partial charge in [0.2, 0.25) is 11.8 Å². The fraction of sp³-hybridized carbons (Fsp3) is 0.510. The Morgan fingerprint density at radius 1 is 0.812 bits per heavy atom. The van der Waals surface area contributed by atoms with Crippen LogP contribution in [0.25, 0.3) is 5.57 Å². The molecule has 15 nitrogen and oxygen atoms in total.